The number of amides is 1. The molecule has 0 aromatic heterocycles. The van der Waals surface area contributed by atoms with Gasteiger partial charge in [-0.3, -0.25) is 4.79 Å². The van der Waals surface area contributed by atoms with Gasteiger partial charge in [-0.15, -0.1) is 0 Å². The summed E-state index contributed by atoms with van der Waals surface area (Å²) in [4.78, 5) is 15.6. The van der Waals surface area contributed by atoms with Gasteiger partial charge in [0.05, 0.1) is 0 Å². The number of carbonyl (C=O) groups is 1. The molecule has 1 amide bonds. The summed E-state index contributed by atoms with van der Waals surface area (Å²) in [7, 11) is 1.66. The van der Waals surface area contributed by atoms with E-state index >= 15 is 0 Å². The van der Waals surface area contributed by atoms with Crippen LogP contribution in [0.5, 0.6) is 0 Å². The molecule has 1 N–H and O–H groups in total. The highest BCUT2D eigenvalue weighted by Gasteiger charge is 2.31. The average molecular weight is 368 g/mol. The zero-order chi connectivity index (χ0) is 19.4. The molecule has 1 aromatic rings. The van der Waals surface area contributed by atoms with Crippen LogP contribution in [0.25, 0.3) is 0 Å². The molecule has 0 atom stereocenters. The van der Waals surface area contributed by atoms with Crippen molar-refractivity contribution in [3.05, 3.63) is 54.6 Å². The van der Waals surface area contributed by atoms with Crippen LogP contribution in [0, 0.1) is 11.3 Å². The molecule has 4 heteroatoms. The number of benzene rings is 1. The highest BCUT2D eigenvalue weighted by atomic mass is 16.1. The van der Waals surface area contributed by atoms with Crippen molar-refractivity contribution in [2.45, 2.75) is 52.4 Å². The minimum absolute atomic E-state index is 0.00811. The van der Waals surface area contributed by atoms with E-state index in [9.17, 15) is 4.79 Å². The van der Waals surface area contributed by atoms with Gasteiger partial charge in [0.15, 0.2) is 0 Å². The second-order valence-corrected chi connectivity index (χ2v) is 8.82. The van der Waals surface area contributed by atoms with Crippen molar-refractivity contribution in [2.24, 2.45) is 11.3 Å². The Kier molecular flexibility index (Phi) is 5.93. The van der Waals surface area contributed by atoms with Gasteiger partial charge in [0, 0.05) is 37.5 Å². The Bertz CT molecular complexity index is 695. The molecule has 1 aliphatic carbocycles. The number of nitrogens with one attached hydrogen (secondary N) is 1. The molecule has 0 radical (unpaired) electrons. The Balaban J connectivity index is 1.70. The summed E-state index contributed by atoms with van der Waals surface area (Å²) >= 11 is 0. The van der Waals surface area contributed by atoms with Crippen molar-refractivity contribution < 1.29 is 4.79 Å². The summed E-state index contributed by atoms with van der Waals surface area (Å²) in [6, 6.07) is 8.76. The number of para-hydroxylation sites is 1. The lowest BCUT2D eigenvalue weighted by Crippen LogP contribution is -2.31. The summed E-state index contributed by atoms with van der Waals surface area (Å²) in [6.45, 7) is 7.47. The molecule has 0 unspecified atom stereocenters. The molecule has 27 heavy (non-hydrogen) atoms. The van der Waals surface area contributed by atoms with Crippen molar-refractivity contribution in [3.63, 3.8) is 0 Å². The van der Waals surface area contributed by atoms with E-state index in [1.54, 1.807) is 7.05 Å². The van der Waals surface area contributed by atoms with E-state index in [4.69, 9.17) is 0 Å². The summed E-state index contributed by atoms with van der Waals surface area (Å²) in [5, 5.41) is 2.66. The summed E-state index contributed by atoms with van der Waals surface area (Å²) in [5.74, 6) is 1.47. The Morgan fingerprint density at radius 1 is 1.04 bits per heavy atom. The minimum atomic E-state index is 0.00811. The van der Waals surface area contributed by atoms with Gasteiger partial charge in [0.25, 0.3) is 0 Å². The van der Waals surface area contributed by atoms with Gasteiger partial charge in [-0.2, -0.15) is 0 Å². The Morgan fingerprint density at radius 2 is 1.67 bits per heavy atom. The summed E-state index contributed by atoms with van der Waals surface area (Å²) < 4.78 is 0. The van der Waals surface area contributed by atoms with Crippen LogP contribution in [0.3, 0.4) is 0 Å². The topological polar surface area (TPSA) is 35.6 Å². The van der Waals surface area contributed by atoms with Crippen LogP contribution in [0.2, 0.25) is 0 Å². The fourth-order valence-electron chi connectivity index (χ4n) is 4.26. The first kappa shape index (κ1) is 19.5. The van der Waals surface area contributed by atoms with Gasteiger partial charge in [0.1, 0.15) is 6.54 Å². The number of hydrogen-bond acceptors (Lipinski definition) is 3. The quantitative estimate of drug-likeness (QED) is 0.829. The third kappa shape index (κ3) is 4.74. The highest BCUT2D eigenvalue weighted by molar-refractivity contribution is 5.78. The highest BCUT2D eigenvalue weighted by Crippen LogP contribution is 2.45. The van der Waals surface area contributed by atoms with Crippen molar-refractivity contribution >= 4 is 11.6 Å². The van der Waals surface area contributed by atoms with E-state index in [0.29, 0.717) is 17.9 Å². The molecule has 0 spiro atoms. The standard InChI is InChI=1S/C23H33N3O/c1-23(2,3)19-11-9-18(10-12-19)20-7-5-6-8-21(20)26-15-13-25(14-16-26)17-22(27)24-4/h5-8,13-16,18-19H,9-12,17H2,1-4H3,(H,24,27). The maximum atomic E-state index is 11.6. The molecule has 146 valence electrons. The van der Waals surface area contributed by atoms with Gasteiger partial charge in [0.2, 0.25) is 5.91 Å². The monoisotopic (exact) mass is 367 g/mol. The number of anilines is 1. The van der Waals surface area contributed by atoms with E-state index in [2.05, 4.69) is 55.3 Å². The fraction of sp³-hybridized carbons (Fsp3) is 0.522. The first-order valence-electron chi connectivity index (χ1n) is 10.1. The average Bonchev–Trinajstić information content (AvgIpc) is 2.68. The predicted molar refractivity (Wildman–Crippen MR) is 112 cm³/mol. The molecule has 1 aromatic carbocycles. The molecule has 0 bridgehead atoms. The van der Waals surface area contributed by atoms with Crippen molar-refractivity contribution in [3.8, 4) is 0 Å². The largest absolute Gasteiger partial charge is 0.358 e. The second kappa shape index (κ2) is 8.20. The maximum absolute atomic E-state index is 11.6. The predicted octanol–water partition coefficient (Wildman–Crippen LogP) is 4.82. The third-order valence-electron chi connectivity index (χ3n) is 6.05. The van der Waals surface area contributed by atoms with Gasteiger partial charge in [-0.05, 0) is 54.6 Å². The smallest absolute Gasteiger partial charge is 0.239 e. The van der Waals surface area contributed by atoms with Gasteiger partial charge < -0.3 is 15.1 Å². The van der Waals surface area contributed by atoms with Crippen molar-refractivity contribution in [1.82, 2.24) is 10.2 Å². The van der Waals surface area contributed by atoms with Crippen molar-refractivity contribution in [2.75, 3.05) is 18.5 Å². The van der Waals surface area contributed by atoms with Crippen LogP contribution in [0.4, 0.5) is 5.69 Å². The number of carbonyl (C=O) groups excluding carboxylic acids is 1. The van der Waals surface area contributed by atoms with Crippen LogP contribution < -0.4 is 10.2 Å². The number of likely N-dealkylation sites (N-methyl/N-ethyl adjacent to an activating group) is 1. The number of hydrogen-bond donors (Lipinski definition) is 1. The SMILES string of the molecule is CNC(=O)CN1C=CN(c2ccccc2C2CCC(C(C)(C)C)CC2)C=C1. The molecule has 1 aliphatic heterocycles. The van der Waals surface area contributed by atoms with E-state index in [1.807, 2.05) is 29.7 Å². The lowest BCUT2D eigenvalue weighted by Gasteiger charge is -2.38. The maximum Gasteiger partial charge on any atom is 0.239 e. The molecular formula is C23H33N3O. The lowest BCUT2D eigenvalue weighted by molar-refractivity contribution is -0.120. The lowest BCUT2D eigenvalue weighted by atomic mass is 9.68. The number of nitrogens with zero attached hydrogens (tertiary/aromatic N) is 2. The van der Waals surface area contributed by atoms with Gasteiger partial charge >= 0.3 is 0 Å². The molecule has 1 saturated carbocycles. The molecule has 3 rings (SSSR count). The normalized spacial score (nSPS) is 22.8. The van der Waals surface area contributed by atoms with E-state index in [1.165, 1.54) is 36.9 Å². The summed E-state index contributed by atoms with van der Waals surface area (Å²) in [5.41, 5.74) is 3.11. The molecular weight excluding hydrogens is 334 g/mol. The van der Waals surface area contributed by atoms with Crippen LogP contribution in [0.1, 0.15) is 57.9 Å². The van der Waals surface area contributed by atoms with Gasteiger partial charge in [-0.1, -0.05) is 39.0 Å². The van der Waals surface area contributed by atoms with Crippen molar-refractivity contribution in [1.29, 1.82) is 0 Å². The van der Waals surface area contributed by atoms with E-state index < -0.39 is 0 Å². The van der Waals surface area contributed by atoms with E-state index in [-0.39, 0.29) is 5.91 Å². The Labute approximate surface area is 163 Å². The number of rotatable bonds is 4. The third-order valence-corrected chi connectivity index (χ3v) is 6.05. The molecule has 0 saturated heterocycles. The zero-order valence-electron chi connectivity index (χ0n) is 17.1. The first-order valence-corrected chi connectivity index (χ1v) is 10.1. The summed E-state index contributed by atoms with van der Waals surface area (Å²) in [6.07, 6.45) is 13.2. The van der Waals surface area contributed by atoms with Crippen LogP contribution in [0.15, 0.2) is 49.1 Å². The second-order valence-electron chi connectivity index (χ2n) is 8.82. The van der Waals surface area contributed by atoms with E-state index in [0.717, 1.165) is 5.92 Å². The Morgan fingerprint density at radius 3 is 2.26 bits per heavy atom. The molecule has 4 nitrogen and oxygen atoms in total. The first-order chi connectivity index (χ1) is 12.9. The molecule has 2 aliphatic rings. The van der Waals surface area contributed by atoms with Crippen LogP contribution >= 0.6 is 0 Å². The van der Waals surface area contributed by atoms with Crippen LogP contribution in [-0.2, 0) is 4.79 Å². The van der Waals surface area contributed by atoms with Gasteiger partial charge in [-0.25, -0.2) is 0 Å². The van der Waals surface area contributed by atoms with Crippen LogP contribution in [-0.4, -0.2) is 24.4 Å². The Hall–Kier alpha value is -2.23. The fourth-order valence-corrected chi connectivity index (χ4v) is 4.26. The zero-order valence-corrected chi connectivity index (χ0v) is 17.1. The molecule has 1 fully saturated rings. The molecule has 1 heterocycles. The minimum Gasteiger partial charge on any atom is -0.358 e.